The molecule has 1 aromatic heterocycles. The van der Waals surface area contributed by atoms with Gasteiger partial charge in [0.15, 0.2) is 0 Å². The first-order chi connectivity index (χ1) is 11.6. The van der Waals surface area contributed by atoms with Crippen LogP contribution < -0.4 is 5.32 Å². The van der Waals surface area contributed by atoms with Gasteiger partial charge in [-0.1, -0.05) is 12.2 Å². The Labute approximate surface area is 143 Å². The molecule has 1 aliphatic rings. The molecular formula is C19H25FN4. The fraction of sp³-hybridized carbons (Fsp3) is 0.421. The third kappa shape index (κ3) is 4.52. The maximum atomic E-state index is 13.0. The van der Waals surface area contributed by atoms with Gasteiger partial charge in [-0.25, -0.2) is 9.07 Å². The summed E-state index contributed by atoms with van der Waals surface area (Å²) in [5, 5.41) is 7.98. The lowest BCUT2D eigenvalue weighted by Crippen LogP contribution is -2.42. The summed E-state index contributed by atoms with van der Waals surface area (Å²) in [6, 6.07) is 6.93. The number of nitrogens with zero attached hydrogens (tertiary/aromatic N) is 3. The quantitative estimate of drug-likeness (QED) is 0.827. The molecule has 0 atom stereocenters. The van der Waals surface area contributed by atoms with E-state index in [0.717, 1.165) is 37.4 Å². The molecule has 128 valence electrons. The van der Waals surface area contributed by atoms with E-state index in [1.807, 2.05) is 12.4 Å². The van der Waals surface area contributed by atoms with Crippen molar-refractivity contribution in [3.63, 3.8) is 0 Å². The second kappa shape index (κ2) is 7.73. The van der Waals surface area contributed by atoms with E-state index < -0.39 is 0 Å². The molecule has 0 bridgehead atoms. The summed E-state index contributed by atoms with van der Waals surface area (Å²) in [4.78, 5) is 2.47. The monoisotopic (exact) mass is 328 g/mol. The number of nitrogens with one attached hydrogen (secondary N) is 1. The number of likely N-dealkylation sites (tertiary alicyclic amines) is 1. The Bertz CT molecular complexity index is 669. The van der Waals surface area contributed by atoms with Crippen LogP contribution in [0.3, 0.4) is 0 Å². The Morgan fingerprint density at radius 2 is 2.00 bits per heavy atom. The molecule has 4 nitrogen and oxygen atoms in total. The van der Waals surface area contributed by atoms with Crippen molar-refractivity contribution in [2.24, 2.45) is 0 Å². The van der Waals surface area contributed by atoms with Gasteiger partial charge in [-0.3, -0.25) is 4.90 Å². The Hall–Kier alpha value is -1.98. The summed E-state index contributed by atoms with van der Waals surface area (Å²) in [5.74, 6) is -0.231. The molecule has 1 saturated heterocycles. The molecule has 1 aliphatic heterocycles. The van der Waals surface area contributed by atoms with Crippen LogP contribution in [0, 0.1) is 5.82 Å². The SMILES string of the molecule is C=C(C)CN1CCC(NCc2cnn(-c3ccc(F)cc3)c2)CC1. The largest absolute Gasteiger partial charge is 0.310 e. The molecule has 2 aromatic rings. The van der Waals surface area contributed by atoms with Gasteiger partial charge >= 0.3 is 0 Å². The van der Waals surface area contributed by atoms with Crippen molar-refractivity contribution < 1.29 is 4.39 Å². The van der Waals surface area contributed by atoms with E-state index in [-0.39, 0.29) is 5.82 Å². The lowest BCUT2D eigenvalue weighted by atomic mass is 10.0. The van der Waals surface area contributed by atoms with Crippen LogP contribution in [0.2, 0.25) is 0 Å². The van der Waals surface area contributed by atoms with Gasteiger partial charge < -0.3 is 5.32 Å². The van der Waals surface area contributed by atoms with Crippen LogP contribution in [0.5, 0.6) is 0 Å². The minimum atomic E-state index is -0.231. The number of aromatic nitrogens is 2. The molecule has 0 unspecified atom stereocenters. The van der Waals surface area contributed by atoms with E-state index in [1.54, 1.807) is 16.8 Å². The van der Waals surface area contributed by atoms with Gasteiger partial charge in [-0.15, -0.1) is 0 Å². The number of benzene rings is 1. The topological polar surface area (TPSA) is 33.1 Å². The second-order valence-corrected chi connectivity index (χ2v) is 6.66. The molecule has 0 aliphatic carbocycles. The van der Waals surface area contributed by atoms with E-state index in [4.69, 9.17) is 0 Å². The van der Waals surface area contributed by atoms with Crippen LogP contribution in [0.25, 0.3) is 5.69 Å². The predicted molar refractivity (Wildman–Crippen MR) is 94.6 cm³/mol. The summed E-state index contributed by atoms with van der Waals surface area (Å²) in [6.07, 6.45) is 6.20. The van der Waals surface area contributed by atoms with Gasteiger partial charge in [0.05, 0.1) is 11.9 Å². The summed E-state index contributed by atoms with van der Waals surface area (Å²) < 4.78 is 14.8. The average Bonchev–Trinajstić information content (AvgIpc) is 3.03. The highest BCUT2D eigenvalue weighted by Gasteiger charge is 2.18. The number of hydrogen-bond donors (Lipinski definition) is 1. The van der Waals surface area contributed by atoms with Gasteiger partial charge in [0.2, 0.25) is 0 Å². The summed E-state index contributed by atoms with van der Waals surface area (Å²) in [6.45, 7) is 10.1. The molecule has 0 saturated carbocycles. The highest BCUT2D eigenvalue weighted by atomic mass is 19.1. The first-order valence-electron chi connectivity index (χ1n) is 8.50. The van der Waals surface area contributed by atoms with Crippen molar-refractivity contribution in [2.75, 3.05) is 19.6 Å². The Kier molecular flexibility index (Phi) is 5.43. The minimum Gasteiger partial charge on any atom is -0.310 e. The van der Waals surface area contributed by atoms with Gasteiger partial charge in [0.1, 0.15) is 5.82 Å². The molecule has 1 fully saturated rings. The first-order valence-corrected chi connectivity index (χ1v) is 8.50. The zero-order valence-electron chi connectivity index (χ0n) is 14.2. The number of rotatable bonds is 6. The van der Waals surface area contributed by atoms with E-state index in [0.29, 0.717) is 6.04 Å². The first kappa shape index (κ1) is 16.9. The van der Waals surface area contributed by atoms with Crippen LogP contribution >= 0.6 is 0 Å². The standard InChI is InChI=1S/C19H25FN4/c1-15(2)13-23-9-7-18(8-10-23)21-11-16-12-22-24(14-16)19-5-3-17(20)4-6-19/h3-6,12,14,18,21H,1,7-11,13H2,2H3. The van der Waals surface area contributed by atoms with Crippen LogP contribution in [0.15, 0.2) is 48.8 Å². The van der Waals surface area contributed by atoms with Crippen molar-refractivity contribution in [1.82, 2.24) is 20.0 Å². The highest BCUT2D eigenvalue weighted by molar-refractivity contribution is 5.31. The predicted octanol–water partition coefficient (Wildman–Crippen LogP) is 3.14. The lowest BCUT2D eigenvalue weighted by molar-refractivity contribution is 0.211. The van der Waals surface area contributed by atoms with Crippen molar-refractivity contribution in [3.8, 4) is 5.69 Å². The van der Waals surface area contributed by atoms with E-state index in [1.165, 1.54) is 30.5 Å². The maximum absolute atomic E-state index is 13.0. The molecule has 2 heterocycles. The van der Waals surface area contributed by atoms with Crippen LogP contribution in [0.4, 0.5) is 4.39 Å². The fourth-order valence-electron chi connectivity index (χ4n) is 3.13. The molecule has 1 N–H and O–H groups in total. The van der Waals surface area contributed by atoms with E-state index in [9.17, 15) is 4.39 Å². The molecule has 5 heteroatoms. The van der Waals surface area contributed by atoms with Crippen LogP contribution in [-0.4, -0.2) is 40.4 Å². The molecule has 0 amide bonds. The minimum absolute atomic E-state index is 0.231. The van der Waals surface area contributed by atoms with Crippen LogP contribution in [-0.2, 0) is 6.54 Å². The van der Waals surface area contributed by atoms with Crippen molar-refractivity contribution in [3.05, 3.63) is 60.2 Å². The van der Waals surface area contributed by atoms with E-state index in [2.05, 4.69) is 28.8 Å². The maximum Gasteiger partial charge on any atom is 0.123 e. The van der Waals surface area contributed by atoms with Crippen molar-refractivity contribution in [2.45, 2.75) is 32.4 Å². The third-order valence-corrected chi connectivity index (χ3v) is 4.40. The molecule has 0 radical (unpaired) electrons. The molecule has 1 aromatic carbocycles. The fourth-order valence-corrected chi connectivity index (χ4v) is 3.13. The Morgan fingerprint density at radius 3 is 2.67 bits per heavy atom. The zero-order valence-corrected chi connectivity index (χ0v) is 14.2. The second-order valence-electron chi connectivity index (χ2n) is 6.66. The summed E-state index contributed by atoms with van der Waals surface area (Å²) >= 11 is 0. The van der Waals surface area contributed by atoms with Gasteiger partial charge in [-0.05, 0) is 57.1 Å². The summed E-state index contributed by atoms with van der Waals surface area (Å²) in [5.41, 5.74) is 3.24. The number of hydrogen-bond acceptors (Lipinski definition) is 3. The van der Waals surface area contributed by atoms with Crippen molar-refractivity contribution >= 4 is 0 Å². The number of halogens is 1. The zero-order chi connectivity index (χ0) is 16.9. The van der Waals surface area contributed by atoms with E-state index >= 15 is 0 Å². The molecule has 0 spiro atoms. The normalized spacial score (nSPS) is 16.4. The third-order valence-electron chi connectivity index (χ3n) is 4.40. The smallest absolute Gasteiger partial charge is 0.123 e. The van der Waals surface area contributed by atoms with Gasteiger partial charge in [0.25, 0.3) is 0 Å². The average molecular weight is 328 g/mol. The van der Waals surface area contributed by atoms with Gasteiger partial charge in [-0.2, -0.15) is 5.10 Å². The highest BCUT2D eigenvalue weighted by Crippen LogP contribution is 2.13. The number of piperidine rings is 1. The van der Waals surface area contributed by atoms with Crippen molar-refractivity contribution in [1.29, 1.82) is 0 Å². The molecular weight excluding hydrogens is 303 g/mol. The Morgan fingerprint density at radius 1 is 1.29 bits per heavy atom. The Balaban J connectivity index is 1.48. The molecule has 3 rings (SSSR count). The summed E-state index contributed by atoms with van der Waals surface area (Å²) in [7, 11) is 0. The molecule has 24 heavy (non-hydrogen) atoms. The lowest BCUT2D eigenvalue weighted by Gasteiger charge is -2.32. The van der Waals surface area contributed by atoms with Gasteiger partial charge in [0, 0.05) is 30.9 Å². The van der Waals surface area contributed by atoms with Crippen LogP contribution in [0.1, 0.15) is 25.3 Å².